The predicted molar refractivity (Wildman–Crippen MR) is 132 cm³/mol. The van der Waals surface area contributed by atoms with Crippen LogP contribution >= 0.6 is 34.5 Å². The third-order valence-electron chi connectivity index (χ3n) is 5.53. The lowest BCUT2D eigenvalue weighted by Gasteiger charge is -2.19. The number of halogens is 6. The normalized spacial score (nSPS) is 15.3. The van der Waals surface area contributed by atoms with Gasteiger partial charge in [0.05, 0.1) is 35.6 Å². The molecule has 0 spiro atoms. The standard InChI is InChI=1S/C22H18Cl2F4N4O3S2/c23-16-8-18(36-20(16)24)37(34,35)31-21(33)29-10-17(25)15-3-1-2-13-9-30-32(19(13)15)11-12-4-6-14(7-5-12)22(26,27)28/h4-9H,1-3,10-11H2,(H2,29,31,33)/b17-15-. The number of carbonyl (C=O) groups is 1. The number of rotatable bonds is 6. The third kappa shape index (κ3) is 6.28. The molecule has 1 aliphatic rings. The van der Waals surface area contributed by atoms with Crippen LogP contribution in [0.25, 0.3) is 5.57 Å². The zero-order valence-corrected chi connectivity index (χ0v) is 21.8. The molecule has 37 heavy (non-hydrogen) atoms. The fourth-order valence-electron chi connectivity index (χ4n) is 3.82. The van der Waals surface area contributed by atoms with E-state index in [1.54, 1.807) is 10.9 Å². The summed E-state index contributed by atoms with van der Waals surface area (Å²) in [6.45, 7) is -0.476. The van der Waals surface area contributed by atoms with Crippen molar-refractivity contribution in [3.63, 3.8) is 0 Å². The molecule has 0 bridgehead atoms. The Bertz CT molecular complexity index is 1450. The van der Waals surface area contributed by atoms with Crippen LogP contribution in [0.2, 0.25) is 9.36 Å². The van der Waals surface area contributed by atoms with Crippen LogP contribution in [0.1, 0.15) is 35.2 Å². The Balaban J connectivity index is 1.48. The van der Waals surface area contributed by atoms with Crippen LogP contribution in [0.5, 0.6) is 0 Å². The van der Waals surface area contributed by atoms with Crippen LogP contribution in [0.4, 0.5) is 22.4 Å². The molecule has 2 heterocycles. The Labute approximate surface area is 223 Å². The monoisotopic (exact) mass is 596 g/mol. The van der Waals surface area contributed by atoms with Gasteiger partial charge in [-0.3, -0.25) is 4.68 Å². The summed E-state index contributed by atoms with van der Waals surface area (Å²) in [6.07, 6.45) is -1.27. The molecule has 0 unspecified atom stereocenters. The molecule has 2 amide bonds. The first-order valence-corrected chi connectivity index (χ1v) is 13.7. The fourth-order valence-corrected chi connectivity index (χ4v) is 6.63. The molecule has 0 saturated heterocycles. The molecule has 4 rings (SSSR count). The number of aromatic nitrogens is 2. The largest absolute Gasteiger partial charge is 0.416 e. The van der Waals surface area contributed by atoms with E-state index in [0.29, 0.717) is 41.9 Å². The zero-order valence-electron chi connectivity index (χ0n) is 18.7. The van der Waals surface area contributed by atoms with E-state index in [9.17, 15) is 26.4 Å². The Morgan fingerprint density at radius 2 is 1.86 bits per heavy atom. The fraction of sp³-hybridized carbons (Fsp3) is 0.273. The van der Waals surface area contributed by atoms with Gasteiger partial charge in [-0.2, -0.15) is 18.3 Å². The van der Waals surface area contributed by atoms with Crippen molar-refractivity contribution in [1.29, 1.82) is 0 Å². The summed E-state index contributed by atoms with van der Waals surface area (Å²) in [5.74, 6) is -0.690. The Morgan fingerprint density at radius 1 is 1.16 bits per heavy atom. The minimum Gasteiger partial charge on any atom is -0.331 e. The summed E-state index contributed by atoms with van der Waals surface area (Å²) in [4.78, 5) is 12.2. The van der Waals surface area contributed by atoms with Crippen molar-refractivity contribution in [1.82, 2.24) is 19.8 Å². The van der Waals surface area contributed by atoms with Crippen LogP contribution < -0.4 is 10.0 Å². The van der Waals surface area contributed by atoms with E-state index in [0.717, 1.165) is 23.8 Å². The number of aryl methyl sites for hydroxylation is 1. The second kappa shape index (κ2) is 10.6. The topological polar surface area (TPSA) is 93.1 Å². The van der Waals surface area contributed by atoms with E-state index in [1.165, 1.54) is 16.8 Å². The lowest BCUT2D eigenvalue weighted by atomic mass is 9.92. The summed E-state index contributed by atoms with van der Waals surface area (Å²) < 4.78 is 81.4. The number of benzene rings is 1. The molecule has 0 atom stereocenters. The van der Waals surface area contributed by atoms with Crippen molar-refractivity contribution in [3.05, 3.63) is 74.1 Å². The molecule has 0 fully saturated rings. The molecule has 0 aliphatic heterocycles. The van der Waals surface area contributed by atoms with Crippen molar-refractivity contribution in [3.8, 4) is 0 Å². The number of hydrogen-bond acceptors (Lipinski definition) is 5. The first kappa shape index (κ1) is 27.4. The van der Waals surface area contributed by atoms with E-state index < -0.39 is 40.2 Å². The van der Waals surface area contributed by atoms with Crippen LogP contribution in [0.3, 0.4) is 0 Å². The van der Waals surface area contributed by atoms with E-state index in [2.05, 4.69) is 10.4 Å². The number of carbonyl (C=O) groups excluding carboxylic acids is 1. The quantitative estimate of drug-likeness (QED) is 0.340. The van der Waals surface area contributed by atoms with Gasteiger partial charge < -0.3 is 5.32 Å². The molecule has 0 radical (unpaired) electrons. The number of hydrogen-bond donors (Lipinski definition) is 2. The van der Waals surface area contributed by atoms with E-state index >= 15 is 4.39 Å². The summed E-state index contributed by atoms with van der Waals surface area (Å²) >= 11 is 12.2. The number of allylic oxidation sites excluding steroid dienone is 1. The van der Waals surface area contributed by atoms with Gasteiger partial charge in [-0.1, -0.05) is 35.3 Å². The lowest BCUT2D eigenvalue weighted by molar-refractivity contribution is -0.137. The molecular weight excluding hydrogens is 579 g/mol. The number of fused-ring (bicyclic) bond motifs is 1. The predicted octanol–water partition coefficient (Wildman–Crippen LogP) is 6.02. The second-order valence-corrected chi connectivity index (χ2v) is 12.1. The van der Waals surface area contributed by atoms with Gasteiger partial charge in [0.25, 0.3) is 10.0 Å². The van der Waals surface area contributed by atoms with Crippen LogP contribution in [-0.4, -0.2) is 30.8 Å². The average Bonchev–Trinajstić information content (AvgIpc) is 3.40. The highest BCUT2D eigenvalue weighted by Gasteiger charge is 2.30. The SMILES string of the molecule is O=C(NC/C(F)=C1\CCCc2cnn(Cc3ccc(C(F)(F)F)cc3)c21)NS(=O)(=O)c1cc(Cl)c(Cl)s1. The van der Waals surface area contributed by atoms with Crippen molar-refractivity contribution in [2.75, 3.05) is 6.54 Å². The van der Waals surface area contributed by atoms with Gasteiger partial charge in [-0.25, -0.2) is 22.3 Å². The number of alkyl halides is 3. The number of thiophene rings is 1. The molecule has 3 aromatic rings. The number of nitrogens with one attached hydrogen (secondary N) is 2. The van der Waals surface area contributed by atoms with Crippen molar-refractivity contribution in [2.24, 2.45) is 0 Å². The Morgan fingerprint density at radius 3 is 2.49 bits per heavy atom. The highest BCUT2D eigenvalue weighted by molar-refractivity contribution is 7.92. The van der Waals surface area contributed by atoms with Crippen molar-refractivity contribution < 1.29 is 30.8 Å². The first-order chi connectivity index (χ1) is 17.3. The molecule has 7 nitrogen and oxygen atoms in total. The maximum absolute atomic E-state index is 15.2. The molecule has 15 heteroatoms. The Hall–Kier alpha value is -2.61. The number of nitrogens with zero attached hydrogens (tertiary/aromatic N) is 2. The maximum atomic E-state index is 15.2. The summed E-state index contributed by atoms with van der Waals surface area (Å²) in [5.41, 5.74) is 1.30. The zero-order chi connectivity index (χ0) is 27.0. The van der Waals surface area contributed by atoms with Gasteiger partial charge >= 0.3 is 12.2 Å². The molecule has 2 N–H and O–H groups in total. The minimum absolute atomic E-state index is 0.0178. The van der Waals surface area contributed by atoms with Gasteiger partial charge in [0.15, 0.2) is 0 Å². The molecular formula is C22H18Cl2F4N4O3S2. The molecule has 1 aliphatic carbocycles. The highest BCUT2D eigenvalue weighted by atomic mass is 35.5. The lowest BCUT2D eigenvalue weighted by Crippen LogP contribution is -2.39. The van der Waals surface area contributed by atoms with Crippen molar-refractivity contribution >= 4 is 56.2 Å². The van der Waals surface area contributed by atoms with Gasteiger partial charge in [0, 0.05) is 5.57 Å². The number of amides is 2. The van der Waals surface area contributed by atoms with Gasteiger partial charge in [-0.05, 0) is 48.6 Å². The van der Waals surface area contributed by atoms with Crippen LogP contribution in [0, 0.1) is 0 Å². The molecule has 2 aromatic heterocycles. The summed E-state index contributed by atoms with van der Waals surface area (Å²) in [6, 6.07) is 4.55. The van der Waals surface area contributed by atoms with Gasteiger partial charge in [-0.15, -0.1) is 11.3 Å². The summed E-state index contributed by atoms with van der Waals surface area (Å²) in [7, 11) is -4.26. The smallest absolute Gasteiger partial charge is 0.331 e. The first-order valence-electron chi connectivity index (χ1n) is 10.7. The Kier molecular flexibility index (Phi) is 7.88. The highest BCUT2D eigenvalue weighted by Crippen LogP contribution is 2.35. The third-order valence-corrected chi connectivity index (χ3v) is 9.20. The number of urea groups is 1. The van der Waals surface area contributed by atoms with Gasteiger partial charge in [0.1, 0.15) is 14.4 Å². The molecule has 0 saturated carbocycles. The maximum Gasteiger partial charge on any atom is 0.416 e. The van der Waals surface area contributed by atoms with E-state index in [1.807, 2.05) is 0 Å². The van der Waals surface area contributed by atoms with E-state index in [4.69, 9.17) is 23.2 Å². The van der Waals surface area contributed by atoms with E-state index in [-0.39, 0.29) is 25.7 Å². The molecule has 198 valence electrons. The van der Waals surface area contributed by atoms with Crippen LogP contribution in [0.15, 0.2) is 46.6 Å². The van der Waals surface area contributed by atoms with Crippen molar-refractivity contribution in [2.45, 2.75) is 36.2 Å². The van der Waals surface area contributed by atoms with Gasteiger partial charge in [0.2, 0.25) is 0 Å². The minimum atomic E-state index is -4.45. The number of sulfonamides is 1. The van der Waals surface area contributed by atoms with Crippen LogP contribution in [-0.2, 0) is 29.2 Å². The average molecular weight is 597 g/mol. The second-order valence-electron chi connectivity index (χ2n) is 8.08. The molecule has 1 aromatic carbocycles. The summed E-state index contributed by atoms with van der Waals surface area (Å²) in [5, 5.41) is 6.48.